The largest absolute Gasteiger partial charge is 0.489 e. The first-order chi connectivity index (χ1) is 19.5. The van der Waals surface area contributed by atoms with Gasteiger partial charge in [-0.2, -0.15) is 0 Å². The third-order valence-electron chi connectivity index (χ3n) is 8.26. The second-order valence-electron chi connectivity index (χ2n) is 11.2. The van der Waals surface area contributed by atoms with Crippen molar-refractivity contribution in [1.29, 1.82) is 0 Å². The third-order valence-corrected chi connectivity index (χ3v) is 8.26. The van der Waals surface area contributed by atoms with Crippen LogP contribution in [0.5, 0.6) is 5.75 Å². The summed E-state index contributed by atoms with van der Waals surface area (Å²) in [6.45, 7) is 2.14. The quantitative estimate of drug-likeness (QED) is 0.213. The highest BCUT2D eigenvalue weighted by Crippen LogP contribution is 2.40. The highest BCUT2D eigenvalue weighted by molar-refractivity contribution is 5.88. The van der Waals surface area contributed by atoms with Gasteiger partial charge in [0.1, 0.15) is 12.4 Å². The molecule has 2 N–H and O–H groups in total. The smallest absolute Gasteiger partial charge is 0.335 e. The van der Waals surface area contributed by atoms with Gasteiger partial charge in [-0.3, -0.25) is 9.69 Å². The fourth-order valence-electron chi connectivity index (χ4n) is 5.89. The minimum absolute atomic E-state index is 0.176. The predicted octanol–water partition coefficient (Wildman–Crippen LogP) is 7.02. The lowest BCUT2D eigenvalue weighted by molar-refractivity contribution is -0.137. The number of unbranched alkanes of at least 4 members (excludes halogenated alkanes) is 1. The van der Waals surface area contributed by atoms with Gasteiger partial charge in [0, 0.05) is 19.0 Å². The normalized spacial score (nSPS) is 16.5. The summed E-state index contributed by atoms with van der Waals surface area (Å²) >= 11 is 0. The van der Waals surface area contributed by atoms with Crippen molar-refractivity contribution in [2.24, 2.45) is 0 Å². The molecule has 5 rings (SSSR count). The molecule has 2 aliphatic carbocycles. The van der Waals surface area contributed by atoms with Gasteiger partial charge in [0.05, 0.1) is 5.56 Å². The first kappa shape index (κ1) is 27.9. The highest BCUT2D eigenvalue weighted by Gasteiger charge is 2.27. The molecule has 0 bridgehead atoms. The number of aliphatic carboxylic acids is 1. The Hall–Kier alpha value is -3.64. The molecule has 6 nitrogen and oxygen atoms in total. The van der Waals surface area contributed by atoms with E-state index in [1.54, 1.807) is 6.07 Å². The van der Waals surface area contributed by atoms with Crippen LogP contribution in [-0.2, 0) is 24.2 Å². The fraction of sp³-hybridized carbons (Fsp3) is 0.412. The molecule has 1 saturated carbocycles. The van der Waals surface area contributed by atoms with Crippen LogP contribution in [0.4, 0.5) is 0 Å². The van der Waals surface area contributed by atoms with Crippen LogP contribution in [0.25, 0.3) is 0 Å². The monoisotopic (exact) mass is 541 g/mol. The summed E-state index contributed by atoms with van der Waals surface area (Å²) in [5.74, 6) is -0.0113. The number of aromatic carboxylic acids is 1. The SMILES string of the molecule is O=C(O)CCCCN(CCc1ccccc1OCc1ccc(C2CC2)cc1)[C@H]1CCCc2cc(C(=O)O)ccc21. The Balaban J connectivity index is 1.27. The number of hydrogen-bond donors (Lipinski definition) is 2. The second-order valence-corrected chi connectivity index (χ2v) is 11.2. The maximum Gasteiger partial charge on any atom is 0.335 e. The van der Waals surface area contributed by atoms with Gasteiger partial charge in [-0.25, -0.2) is 4.79 Å². The molecule has 0 spiro atoms. The summed E-state index contributed by atoms with van der Waals surface area (Å²) in [6, 6.07) is 22.7. The number of carbonyl (C=O) groups is 2. The van der Waals surface area contributed by atoms with E-state index in [9.17, 15) is 14.7 Å². The number of fused-ring (bicyclic) bond motifs is 1. The summed E-state index contributed by atoms with van der Waals surface area (Å²) in [5.41, 5.74) is 6.40. The van der Waals surface area contributed by atoms with Crippen LogP contribution in [-0.4, -0.2) is 40.1 Å². The van der Waals surface area contributed by atoms with Gasteiger partial charge in [-0.1, -0.05) is 48.5 Å². The summed E-state index contributed by atoms with van der Waals surface area (Å²) in [4.78, 5) is 25.1. The first-order valence-electron chi connectivity index (χ1n) is 14.6. The molecule has 2 aliphatic rings. The molecule has 1 atom stereocenters. The van der Waals surface area contributed by atoms with Crippen molar-refractivity contribution in [3.8, 4) is 5.75 Å². The van der Waals surface area contributed by atoms with Crippen LogP contribution in [0.15, 0.2) is 66.7 Å². The minimum atomic E-state index is -0.897. The van der Waals surface area contributed by atoms with Gasteiger partial charge >= 0.3 is 11.9 Å². The van der Waals surface area contributed by atoms with Gasteiger partial charge in [-0.15, -0.1) is 0 Å². The Kier molecular flexibility index (Phi) is 9.17. The van der Waals surface area contributed by atoms with Crippen molar-refractivity contribution in [3.05, 3.63) is 100 Å². The van der Waals surface area contributed by atoms with E-state index in [4.69, 9.17) is 9.84 Å². The average molecular weight is 542 g/mol. The Morgan fingerprint density at radius 3 is 2.45 bits per heavy atom. The van der Waals surface area contributed by atoms with Gasteiger partial charge < -0.3 is 14.9 Å². The number of carboxylic acids is 2. The molecule has 40 heavy (non-hydrogen) atoms. The summed E-state index contributed by atoms with van der Waals surface area (Å²) in [6.07, 6.45) is 7.94. The molecule has 0 saturated heterocycles. The van der Waals surface area contributed by atoms with Crippen LogP contribution >= 0.6 is 0 Å². The van der Waals surface area contributed by atoms with Crippen molar-refractivity contribution in [1.82, 2.24) is 4.90 Å². The van der Waals surface area contributed by atoms with Crippen molar-refractivity contribution < 1.29 is 24.5 Å². The summed E-state index contributed by atoms with van der Waals surface area (Å²) in [5, 5.41) is 18.6. The molecule has 3 aromatic carbocycles. The van der Waals surface area contributed by atoms with Crippen LogP contribution < -0.4 is 4.74 Å². The number of carboxylic acid groups (broad SMARTS) is 2. The molecule has 0 aliphatic heterocycles. The van der Waals surface area contributed by atoms with Crippen molar-refractivity contribution in [2.45, 2.75) is 76.4 Å². The van der Waals surface area contributed by atoms with Crippen molar-refractivity contribution in [2.75, 3.05) is 13.1 Å². The van der Waals surface area contributed by atoms with E-state index in [-0.39, 0.29) is 12.5 Å². The van der Waals surface area contributed by atoms with Gasteiger partial charge in [0.25, 0.3) is 0 Å². The topological polar surface area (TPSA) is 87.1 Å². The molecule has 0 radical (unpaired) electrons. The minimum Gasteiger partial charge on any atom is -0.489 e. The van der Waals surface area contributed by atoms with E-state index in [0.717, 1.165) is 68.0 Å². The number of para-hydroxylation sites is 1. The van der Waals surface area contributed by atoms with E-state index in [2.05, 4.69) is 35.2 Å². The molecular weight excluding hydrogens is 502 g/mol. The standard InChI is InChI=1S/C34H39NO5/c36-33(37)10-3-4-20-35(31-8-5-7-28-22-29(34(38)39)17-18-30(28)31)21-19-27-6-1-2-9-32(27)40-23-24-11-13-25(14-12-24)26-15-16-26/h1-2,6,9,11-14,17-18,22,26,31H,3-5,7-8,10,15-16,19-21,23H2,(H,36,37)(H,38,39)/t31-/m0/s1. The van der Waals surface area contributed by atoms with Crippen molar-refractivity contribution in [3.63, 3.8) is 0 Å². The zero-order valence-corrected chi connectivity index (χ0v) is 23.1. The first-order valence-corrected chi connectivity index (χ1v) is 14.6. The summed E-state index contributed by atoms with van der Waals surface area (Å²) in [7, 11) is 0. The highest BCUT2D eigenvalue weighted by atomic mass is 16.5. The Morgan fingerprint density at radius 1 is 0.900 bits per heavy atom. The van der Waals surface area contributed by atoms with Gasteiger partial charge in [0.15, 0.2) is 0 Å². The Morgan fingerprint density at radius 2 is 1.70 bits per heavy atom. The predicted molar refractivity (Wildman–Crippen MR) is 155 cm³/mol. The van der Waals surface area contributed by atoms with E-state index >= 15 is 0 Å². The maximum atomic E-state index is 11.5. The van der Waals surface area contributed by atoms with E-state index in [1.165, 1.54) is 29.5 Å². The van der Waals surface area contributed by atoms with Crippen LogP contribution in [0, 0.1) is 0 Å². The molecule has 210 valence electrons. The van der Waals surface area contributed by atoms with Crippen LogP contribution in [0.1, 0.15) is 95.1 Å². The molecule has 3 aromatic rings. The zero-order valence-electron chi connectivity index (χ0n) is 23.1. The Labute approximate surface area is 236 Å². The van der Waals surface area contributed by atoms with Crippen LogP contribution in [0.2, 0.25) is 0 Å². The summed E-state index contributed by atoms with van der Waals surface area (Å²) < 4.78 is 6.29. The average Bonchev–Trinajstić information content (AvgIpc) is 3.81. The molecule has 0 heterocycles. The number of nitrogens with zero attached hydrogens (tertiary/aromatic N) is 1. The second kappa shape index (κ2) is 13.1. The number of ether oxygens (including phenoxy) is 1. The molecule has 6 heteroatoms. The zero-order chi connectivity index (χ0) is 27.9. The molecular formula is C34H39NO5. The number of rotatable bonds is 14. The fourth-order valence-corrected chi connectivity index (χ4v) is 5.89. The van der Waals surface area contributed by atoms with E-state index in [0.29, 0.717) is 18.6 Å². The number of hydrogen-bond acceptors (Lipinski definition) is 4. The molecule has 0 unspecified atom stereocenters. The number of aryl methyl sites for hydroxylation is 1. The third kappa shape index (κ3) is 7.30. The van der Waals surface area contributed by atoms with Gasteiger partial charge in [0.2, 0.25) is 0 Å². The van der Waals surface area contributed by atoms with Gasteiger partial charge in [-0.05, 0) is 110 Å². The molecule has 1 fully saturated rings. The lowest BCUT2D eigenvalue weighted by Crippen LogP contribution is -2.34. The van der Waals surface area contributed by atoms with Crippen LogP contribution in [0.3, 0.4) is 0 Å². The Bertz CT molecular complexity index is 1310. The van der Waals surface area contributed by atoms with Crippen molar-refractivity contribution >= 4 is 11.9 Å². The molecule has 0 aromatic heterocycles. The lowest BCUT2D eigenvalue weighted by Gasteiger charge is -2.36. The van der Waals surface area contributed by atoms with E-state index in [1.807, 2.05) is 30.3 Å². The number of benzene rings is 3. The maximum absolute atomic E-state index is 11.5. The lowest BCUT2D eigenvalue weighted by atomic mass is 9.85. The molecule has 0 amide bonds. The van der Waals surface area contributed by atoms with E-state index < -0.39 is 11.9 Å².